The summed E-state index contributed by atoms with van der Waals surface area (Å²) in [5.74, 6) is -0.704. The van der Waals surface area contributed by atoms with Gasteiger partial charge in [-0.3, -0.25) is 9.36 Å². The zero-order valence-corrected chi connectivity index (χ0v) is 17.1. The van der Waals surface area contributed by atoms with Crippen molar-refractivity contribution in [1.29, 1.82) is 0 Å². The number of para-hydroxylation sites is 1. The molecule has 0 unspecified atom stereocenters. The fraction of sp³-hybridized carbons (Fsp3) is 0.450. The van der Waals surface area contributed by atoms with Gasteiger partial charge in [-0.2, -0.15) is 4.98 Å². The average molecular weight is 406 g/mol. The molecule has 8 heteroatoms. The highest BCUT2D eigenvalue weighted by Crippen LogP contribution is 2.29. The Bertz CT molecular complexity index is 914. The van der Waals surface area contributed by atoms with E-state index in [1.807, 2.05) is 0 Å². The molecule has 0 saturated heterocycles. The molecule has 3 rings (SSSR count). The summed E-state index contributed by atoms with van der Waals surface area (Å²) in [6, 6.07) is 6.05. The van der Waals surface area contributed by atoms with E-state index in [2.05, 4.69) is 24.4 Å². The molecular weight excluding hydrogens is 379 g/mol. The SMILES string of the molecule is C[NH+](C)CCCn1c2c(c(SCC(=O)Nc3ccccc3F)nc1=O)CCC2. The van der Waals surface area contributed by atoms with Gasteiger partial charge >= 0.3 is 5.69 Å². The summed E-state index contributed by atoms with van der Waals surface area (Å²) in [5.41, 5.74) is 2.06. The zero-order valence-electron chi connectivity index (χ0n) is 16.3. The quantitative estimate of drug-likeness (QED) is 0.511. The van der Waals surface area contributed by atoms with Crippen LogP contribution in [0, 0.1) is 5.82 Å². The van der Waals surface area contributed by atoms with Crippen LogP contribution >= 0.6 is 11.8 Å². The number of nitrogens with zero attached hydrogens (tertiary/aromatic N) is 2. The molecule has 2 N–H and O–H groups in total. The molecule has 1 aromatic heterocycles. The Labute approximate surface area is 168 Å². The van der Waals surface area contributed by atoms with Crippen molar-refractivity contribution in [2.45, 2.75) is 37.3 Å². The van der Waals surface area contributed by atoms with Gasteiger partial charge in [-0.1, -0.05) is 23.9 Å². The number of anilines is 1. The van der Waals surface area contributed by atoms with Crippen molar-refractivity contribution in [1.82, 2.24) is 9.55 Å². The van der Waals surface area contributed by atoms with Crippen LogP contribution in [0.15, 0.2) is 34.1 Å². The Morgan fingerprint density at radius 1 is 1.32 bits per heavy atom. The maximum absolute atomic E-state index is 13.7. The third kappa shape index (κ3) is 4.99. The number of amides is 1. The van der Waals surface area contributed by atoms with Crippen molar-refractivity contribution in [2.24, 2.45) is 0 Å². The number of aromatic nitrogens is 2. The van der Waals surface area contributed by atoms with Crippen molar-refractivity contribution in [3.8, 4) is 0 Å². The average Bonchev–Trinajstić information content (AvgIpc) is 3.13. The van der Waals surface area contributed by atoms with Crippen LogP contribution in [0.2, 0.25) is 0 Å². The molecular formula is C20H26FN4O2S+. The van der Waals surface area contributed by atoms with Crippen LogP contribution in [-0.4, -0.2) is 41.9 Å². The van der Waals surface area contributed by atoms with E-state index in [9.17, 15) is 14.0 Å². The van der Waals surface area contributed by atoms with E-state index in [-0.39, 0.29) is 23.0 Å². The minimum atomic E-state index is -0.470. The number of benzene rings is 1. The summed E-state index contributed by atoms with van der Waals surface area (Å²) in [4.78, 5) is 30.3. The minimum Gasteiger partial charge on any atom is -0.340 e. The van der Waals surface area contributed by atoms with Crippen molar-refractivity contribution in [3.63, 3.8) is 0 Å². The second-order valence-electron chi connectivity index (χ2n) is 7.26. The van der Waals surface area contributed by atoms with Crippen LogP contribution in [0.25, 0.3) is 0 Å². The van der Waals surface area contributed by atoms with Crippen LogP contribution in [0.3, 0.4) is 0 Å². The summed E-state index contributed by atoms with van der Waals surface area (Å²) in [5, 5.41) is 3.20. The van der Waals surface area contributed by atoms with Crippen LogP contribution in [0.5, 0.6) is 0 Å². The fourth-order valence-electron chi connectivity index (χ4n) is 3.41. The summed E-state index contributed by atoms with van der Waals surface area (Å²) in [6.07, 6.45) is 3.66. The molecule has 0 saturated carbocycles. The number of carbonyl (C=O) groups is 1. The number of fused-ring (bicyclic) bond motifs is 1. The van der Waals surface area contributed by atoms with Crippen LogP contribution < -0.4 is 15.9 Å². The number of hydrogen-bond acceptors (Lipinski definition) is 4. The van der Waals surface area contributed by atoms with E-state index < -0.39 is 5.82 Å². The number of hydrogen-bond donors (Lipinski definition) is 2. The van der Waals surface area contributed by atoms with E-state index in [1.54, 1.807) is 16.7 Å². The second kappa shape index (κ2) is 9.34. The van der Waals surface area contributed by atoms with Crippen LogP contribution in [-0.2, 0) is 24.2 Å². The number of rotatable bonds is 8. The molecule has 0 aliphatic heterocycles. The maximum atomic E-state index is 13.7. The standard InChI is InChI=1S/C20H25FN4O2S/c1-24(2)11-6-12-25-17-10-5-7-14(17)19(23-20(25)27)28-13-18(26)22-16-9-4-3-8-15(16)21/h3-4,8-9H,5-7,10-13H2,1-2H3,(H,22,26)/p+1. The molecule has 2 aromatic rings. The molecule has 0 atom stereocenters. The molecule has 1 aliphatic carbocycles. The Morgan fingerprint density at radius 3 is 2.86 bits per heavy atom. The van der Waals surface area contributed by atoms with Crippen LogP contribution in [0.4, 0.5) is 10.1 Å². The maximum Gasteiger partial charge on any atom is 0.348 e. The Hall–Kier alpha value is -2.19. The third-order valence-corrected chi connectivity index (χ3v) is 5.76. The lowest BCUT2D eigenvalue weighted by Crippen LogP contribution is -3.05. The lowest BCUT2D eigenvalue weighted by Gasteiger charge is -2.15. The summed E-state index contributed by atoms with van der Waals surface area (Å²) >= 11 is 1.25. The van der Waals surface area contributed by atoms with E-state index in [0.717, 1.165) is 43.5 Å². The Morgan fingerprint density at radius 2 is 2.11 bits per heavy atom. The zero-order chi connectivity index (χ0) is 20.1. The van der Waals surface area contributed by atoms with E-state index in [4.69, 9.17) is 0 Å². The van der Waals surface area contributed by atoms with Crippen LogP contribution in [0.1, 0.15) is 24.1 Å². The predicted octanol–water partition coefficient (Wildman–Crippen LogP) is 1.14. The molecule has 0 spiro atoms. The van der Waals surface area contributed by atoms with E-state index >= 15 is 0 Å². The summed E-state index contributed by atoms with van der Waals surface area (Å²) in [7, 11) is 4.19. The second-order valence-corrected chi connectivity index (χ2v) is 8.22. The van der Waals surface area contributed by atoms with Crippen molar-refractivity contribution < 1.29 is 14.1 Å². The Balaban J connectivity index is 1.68. The van der Waals surface area contributed by atoms with Gasteiger partial charge in [-0.15, -0.1) is 0 Å². The normalized spacial score (nSPS) is 13.0. The molecule has 6 nitrogen and oxygen atoms in total. The monoisotopic (exact) mass is 405 g/mol. The van der Waals surface area contributed by atoms with Gasteiger partial charge in [0.1, 0.15) is 10.8 Å². The summed E-state index contributed by atoms with van der Waals surface area (Å²) < 4.78 is 15.5. The first kappa shape index (κ1) is 20.5. The minimum absolute atomic E-state index is 0.0845. The molecule has 28 heavy (non-hydrogen) atoms. The first-order valence-corrected chi connectivity index (χ1v) is 10.5. The molecule has 0 radical (unpaired) electrons. The highest BCUT2D eigenvalue weighted by atomic mass is 32.2. The van der Waals surface area contributed by atoms with Gasteiger partial charge in [0.05, 0.1) is 32.1 Å². The van der Waals surface area contributed by atoms with E-state index in [0.29, 0.717) is 11.6 Å². The highest BCUT2D eigenvalue weighted by Gasteiger charge is 2.22. The van der Waals surface area contributed by atoms with E-state index in [1.165, 1.54) is 28.8 Å². The van der Waals surface area contributed by atoms with Gasteiger partial charge in [-0.25, -0.2) is 9.18 Å². The van der Waals surface area contributed by atoms with Gasteiger partial charge in [0.15, 0.2) is 0 Å². The molecule has 1 aromatic carbocycles. The molecule has 150 valence electrons. The number of quaternary nitrogens is 1. The first-order valence-electron chi connectivity index (χ1n) is 9.54. The molecule has 1 aliphatic rings. The number of halogens is 1. The number of thioether (sulfide) groups is 1. The smallest absolute Gasteiger partial charge is 0.340 e. The lowest BCUT2D eigenvalue weighted by molar-refractivity contribution is -0.858. The first-order chi connectivity index (χ1) is 13.5. The van der Waals surface area contributed by atoms with Gasteiger partial charge in [0, 0.05) is 24.2 Å². The van der Waals surface area contributed by atoms with Gasteiger partial charge in [0.25, 0.3) is 0 Å². The third-order valence-electron chi connectivity index (χ3n) is 4.75. The van der Waals surface area contributed by atoms with Crippen molar-refractivity contribution in [2.75, 3.05) is 31.7 Å². The molecule has 1 heterocycles. The molecule has 0 bridgehead atoms. The predicted molar refractivity (Wildman–Crippen MR) is 109 cm³/mol. The lowest BCUT2D eigenvalue weighted by atomic mass is 10.2. The number of nitrogens with one attached hydrogen (secondary N) is 2. The topological polar surface area (TPSA) is 68.4 Å². The largest absolute Gasteiger partial charge is 0.348 e. The van der Waals surface area contributed by atoms with Crippen molar-refractivity contribution >= 4 is 23.4 Å². The molecule has 1 amide bonds. The van der Waals surface area contributed by atoms with Gasteiger partial charge < -0.3 is 10.2 Å². The van der Waals surface area contributed by atoms with Gasteiger partial charge in [0.2, 0.25) is 5.91 Å². The number of carbonyl (C=O) groups excluding carboxylic acids is 1. The highest BCUT2D eigenvalue weighted by molar-refractivity contribution is 8.00. The van der Waals surface area contributed by atoms with Gasteiger partial charge in [-0.05, 0) is 31.4 Å². The fourth-order valence-corrected chi connectivity index (χ4v) is 4.29. The Kier molecular flexibility index (Phi) is 6.85. The van der Waals surface area contributed by atoms with Crippen molar-refractivity contribution in [3.05, 3.63) is 51.8 Å². The molecule has 0 fully saturated rings. The summed E-state index contributed by atoms with van der Waals surface area (Å²) in [6.45, 7) is 1.67.